The summed E-state index contributed by atoms with van der Waals surface area (Å²) in [5.41, 5.74) is 3.72. The SMILES string of the molecule is COCCOc1ccc(NC(=O)c2ccccc2OCc2cscn2)cc1. The van der Waals surface area contributed by atoms with Gasteiger partial charge in [-0.25, -0.2) is 4.98 Å². The number of carbonyl (C=O) groups excluding carboxylic acids is 1. The highest BCUT2D eigenvalue weighted by Crippen LogP contribution is 2.22. The van der Waals surface area contributed by atoms with Gasteiger partial charge in [0.25, 0.3) is 5.91 Å². The third-order valence-electron chi connectivity index (χ3n) is 3.66. The molecule has 0 aliphatic rings. The molecular weight excluding hydrogens is 364 g/mol. The molecule has 0 bridgehead atoms. The predicted octanol–water partition coefficient (Wildman–Crippen LogP) is 4.00. The average molecular weight is 384 g/mol. The van der Waals surface area contributed by atoms with Gasteiger partial charge in [0.2, 0.25) is 0 Å². The largest absolute Gasteiger partial charge is 0.491 e. The van der Waals surface area contributed by atoms with E-state index >= 15 is 0 Å². The van der Waals surface area contributed by atoms with Gasteiger partial charge in [-0.1, -0.05) is 12.1 Å². The van der Waals surface area contributed by atoms with Crippen LogP contribution in [0.2, 0.25) is 0 Å². The summed E-state index contributed by atoms with van der Waals surface area (Å²) < 4.78 is 16.2. The summed E-state index contributed by atoms with van der Waals surface area (Å²) >= 11 is 1.51. The van der Waals surface area contributed by atoms with Gasteiger partial charge >= 0.3 is 0 Å². The predicted molar refractivity (Wildman–Crippen MR) is 105 cm³/mol. The number of thiazole rings is 1. The quantitative estimate of drug-likeness (QED) is 0.565. The number of ether oxygens (including phenoxy) is 3. The third-order valence-corrected chi connectivity index (χ3v) is 4.29. The van der Waals surface area contributed by atoms with E-state index in [9.17, 15) is 4.79 Å². The first-order valence-corrected chi connectivity index (χ1v) is 9.32. The van der Waals surface area contributed by atoms with Crippen LogP contribution in [-0.4, -0.2) is 31.2 Å². The molecule has 7 heteroatoms. The number of rotatable bonds is 9. The number of hydrogen-bond acceptors (Lipinski definition) is 6. The first-order chi connectivity index (χ1) is 13.3. The molecule has 6 nitrogen and oxygen atoms in total. The number of nitrogens with one attached hydrogen (secondary N) is 1. The van der Waals surface area contributed by atoms with Gasteiger partial charge in [0.1, 0.15) is 24.7 Å². The van der Waals surface area contributed by atoms with Crippen LogP contribution in [0.15, 0.2) is 59.4 Å². The van der Waals surface area contributed by atoms with Gasteiger partial charge in [-0.3, -0.25) is 4.79 Å². The number of aromatic nitrogens is 1. The lowest BCUT2D eigenvalue weighted by Gasteiger charge is -2.11. The van der Waals surface area contributed by atoms with Crippen LogP contribution in [0.3, 0.4) is 0 Å². The van der Waals surface area contributed by atoms with Crippen molar-refractivity contribution in [2.75, 3.05) is 25.6 Å². The number of carbonyl (C=O) groups is 1. The maximum absolute atomic E-state index is 12.6. The second kappa shape index (κ2) is 9.70. The van der Waals surface area contributed by atoms with E-state index in [1.165, 1.54) is 11.3 Å². The normalized spacial score (nSPS) is 10.4. The Morgan fingerprint density at radius 1 is 1.07 bits per heavy atom. The molecule has 0 spiro atoms. The summed E-state index contributed by atoms with van der Waals surface area (Å²) in [6, 6.07) is 14.3. The topological polar surface area (TPSA) is 69.7 Å². The first-order valence-electron chi connectivity index (χ1n) is 8.38. The number of methoxy groups -OCH3 is 1. The van der Waals surface area contributed by atoms with E-state index < -0.39 is 0 Å². The lowest BCUT2D eigenvalue weighted by atomic mass is 10.2. The van der Waals surface area contributed by atoms with Gasteiger partial charge in [-0.15, -0.1) is 11.3 Å². The maximum atomic E-state index is 12.6. The summed E-state index contributed by atoms with van der Waals surface area (Å²) in [6.45, 7) is 1.32. The summed E-state index contributed by atoms with van der Waals surface area (Å²) in [4.78, 5) is 16.8. The Kier molecular flexibility index (Phi) is 6.78. The molecule has 1 aromatic heterocycles. The second-order valence-electron chi connectivity index (χ2n) is 5.58. The third kappa shape index (κ3) is 5.54. The molecule has 0 aliphatic heterocycles. The lowest BCUT2D eigenvalue weighted by Crippen LogP contribution is -2.13. The molecule has 1 heterocycles. The van der Waals surface area contributed by atoms with E-state index in [0.29, 0.717) is 36.8 Å². The minimum absolute atomic E-state index is 0.239. The molecule has 3 rings (SSSR count). The van der Waals surface area contributed by atoms with E-state index in [4.69, 9.17) is 14.2 Å². The zero-order chi connectivity index (χ0) is 18.9. The van der Waals surface area contributed by atoms with Crippen LogP contribution < -0.4 is 14.8 Å². The van der Waals surface area contributed by atoms with E-state index in [1.807, 2.05) is 11.4 Å². The fraction of sp³-hybridized carbons (Fsp3) is 0.200. The Hall–Kier alpha value is -2.90. The summed E-state index contributed by atoms with van der Waals surface area (Å²) in [5, 5.41) is 4.79. The lowest BCUT2D eigenvalue weighted by molar-refractivity contribution is 0.102. The summed E-state index contributed by atoms with van der Waals surface area (Å²) in [7, 11) is 1.63. The molecule has 2 aromatic carbocycles. The van der Waals surface area contributed by atoms with Crippen molar-refractivity contribution in [2.45, 2.75) is 6.61 Å². The van der Waals surface area contributed by atoms with Crippen molar-refractivity contribution in [3.8, 4) is 11.5 Å². The van der Waals surface area contributed by atoms with Crippen LogP contribution in [0.25, 0.3) is 0 Å². The van der Waals surface area contributed by atoms with Crippen LogP contribution >= 0.6 is 11.3 Å². The highest BCUT2D eigenvalue weighted by molar-refractivity contribution is 7.07. The van der Waals surface area contributed by atoms with Gasteiger partial charge in [-0.05, 0) is 36.4 Å². The molecule has 3 aromatic rings. The number of nitrogens with zero attached hydrogens (tertiary/aromatic N) is 1. The van der Waals surface area contributed by atoms with Crippen molar-refractivity contribution in [3.05, 3.63) is 70.7 Å². The number of anilines is 1. The van der Waals surface area contributed by atoms with Crippen molar-refractivity contribution in [1.29, 1.82) is 0 Å². The van der Waals surface area contributed by atoms with Crippen LogP contribution in [-0.2, 0) is 11.3 Å². The molecule has 0 unspecified atom stereocenters. The molecule has 0 aliphatic carbocycles. The van der Waals surface area contributed by atoms with Crippen LogP contribution in [0.4, 0.5) is 5.69 Å². The Morgan fingerprint density at radius 3 is 2.63 bits per heavy atom. The number of amides is 1. The van der Waals surface area contributed by atoms with Crippen molar-refractivity contribution in [2.24, 2.45) is 0 Å². The molecule has 1 amide bonds. The Bertz CT molecular complexity index is 851. The standard InChI is InChI=1S/C20H20N2O4S/c1-24-10-11-25-17-8-6-15(7-9-17)22-20(23)18-4-2-3-5-19(18)26-12-16-13-27-14-21-16/h2-9,13-14H,10-12H2,1H3,(H,22,23). The molecule has 1 N–H and O–H groups in total. The Balaban J connectivity index is 1.62. The zero-order valence-corrected chi connectivity index (χ0v) is 15.7. The van der Waals surface area contributed by atoms with Crippen molar-refractivity contribution < 1.29 is 19.0 Å². The van der Waals surface area contributed by atoms with E-state index in [2.05, 4.69) is 10.3 Å². The van der Waals surface area contributed by atoms with E-state index in [1.54, 1.807) is 55.1 Å². The van der Waals surface area contributed by atoms with Crippen LogP contribution in [0.1, 0.15) is 16.1 Å². The van der Waals surface area contributed by atoms with Crippen molar-refractivity contribution >= 4 is 22.9 Å². The molecular formula is C20H20N2O4S. The van der Waals surface area contributed by atoms with Gasteiger partial charge in [0.05, 0.1) is 23.4 Å². The fourth-order valence-corrected chi connectivity index (χ4v) is 2.86. The van der Waals surface area contributed by atoms with Crippen LogP contribution in [0, 0.1) is 0 Å². The van der Waals surface area contributed by atoms with E-state index in [0.717, 1.165) is 11.4 Å². The molecule has 0 saturated carbocycles. The zero-order valence-electron chi connectivity index (χ0n) is 14.9. The number of para-hydroxylation sites is 1. The highest BCUT2D eigenvalue weighted by atomic mass is 32.1. The molecule has 0 fully saturated rings. The first kappa shape index (κ1) is 18.9. The van der Waals surface area contributed by atoms with Gasteiger partial charge < -0.3 is 19.5 Å². The Labute approximate surface area is 161 Å². The maximum Gasteiger partial charge on any atom is 0.259 e. The summed E-state index contributed by atoms with van der Waals surface area (Å²) in [6.07, 6.45) is 0. The minimum Gasteiger partial charge on any atom is -0.491 e. The minimum atomic E-state index is -0.239. The molecule has 0 radical (unpaired) electrons. The van der Waals surface area contributed by atoms with E-state index in [-0.39, 0.29) is 5.91 Å². The van der Waals surface area contributed by atoms with Crippen LogP contribution in [0.5, 0.6) is 11.5 Å². The smallest absolute Gasteiger partial charge is 0.259 e. The number of benzene rings is 2. The number of hydrogen-bond donors (Lipinski definition) is 1. The molecule has 27 heavy (non-hydrogen) atoms. The van der Waals surface area contributed by atoms with Gasteiger partial charge in [0, 0.05) is 18.2 Å². The fourth-order valence-electron chi connectivity index (χ4n) is 2.32. The molecule has 0 saturated heterocycles. The summed E-state index contributed by atoms with van der Waals surface area (Å²) in [5.74, 6) is 0.997. The van der Waals surface area contributed by atoms with Gasteiger partial charge in [-0.2, -0.15) is 0 Å². The highest BCUT2D eigenvalue weighted by Gasteiger charge is 2.13. The second-order valence-corrected chi connectivity index (χ2v) is 6.30. The monoisotopic (exact) mass is 384 g/mol. The average Bonchev–Trinajstić information content (AvgIpc) is 3.22. The van der Waals surface area contributed by atoms with Crippen molar-refractivity contribution in [1.82, 2.24) is 4.98 Å². The van der Waals surface area contributed by atoms with Gasteiger partial charge in [0.15, 0.2) is 0 Å². The Morgan fingerprint density at radius 2 is 1.89 bits per heavy atom. The molecule has 0 atom stereocenters. The van der Waals surface area contributed by atoms with Crippen molar-refractivity contribution in [3.63, 3.8) is 0 Å². The molecule has 140 valence electrons.